The van der Waals surface area contributed by atoms with Crippen LogP contribution in [0.5, 0.6) is 0 Å². The van der Waals surface area contributed by atoms with Gasteiger partial charge in [-0.3, -0.25) is 0 Å². The van der Waals surface area contributed by atoms with Crippen molar-refractivity contribution in [3.05, 3.63) is 53.2 Å². The molecule has 0 spiro atoms. The van der Waals surface area contributed by atoms with Crippen LogP contribution in [0.4, 0.5) is 0 Å². The third kappa shape index (κ3) is 3.59. The molecule has 5 nitrogen and oxygen atoms in total. The smallest absolute Gasteiger partial charge is 0.347 e. The van der Waals surface area contributed by atoms with Gasteiger partial charge in [0.25, 0.3) is 0 Å². The van der Waals surface area contributed by atoms with Gasteiger partial charge in [0.2, 0.25) is 0 Å². The third-order valence-corrected chi connectivity index (χ3v) is 7.06. The monoisotopic (exact) mass is 395 g/mol. The lowest BCUT2D eigenvalue weighted by molar-refractivity contribution is -0.144. The number of benzene rings is 1. The standard InChI is InChI=1S/C24H29NO4/c1-28-22(26)21(23(27)29-2)20(25)11-19(18-6-4-3-5-7-18)24-12-15-8-16(13-24)10-17(9-15)14-24/h3-7,11,15-17H,8-10,12-14,25H2,1-2H3/b19-11+. The number of hydrogen-bond acceptors (Lipinski definition) is 5. The predicted molar refractivity (Wildman–Crippen MR) is 110 cm³/mol. The fourth-order valence-corrected chi connectivity index (χ4v) is 6.35. The molecular formula is C24H29NO4. The molecule has 0 heterocycles. The Morgan fingerprint density at radius 1 is 0.931 bits per heavy atom. The lowest BCUT2D eigenvalue weighted by Crippen LogP contribution is -2.46. The Bertz CT molecular complexity index is 815. The molecular weight excluding hydrogens is 366 g/mol. The molecule has 0 radical (unpaired) electrons. The van der Waals surface area contributed by atoms with E-state index in [1.807, 2.05) is 24.3 Å². The van der Waals surface area contributed by atoms with Crippen molar-refractivity contribution in [3.8, 4) is 0 Å². The fraction of sp³-hybridized carbons (Fsp3) is 0.500. The first-order valence-electron chi connectivity index (χ1n) is 10.4. The summed E-state index contributed by atoms with van der Waals surface area (Å²) in [6.45, 7) is 0. The molecule has 0 saturated heterocycles. The molecule has 4 aliphatic rings. The molecule has 0 aromatic heterocycles. The van der Waals surface area contributed by atoms with E-state index < -0.39 is 11.9 Å². The summed E-state index contributed by atoms with van der Waals surface area (Å²) in [4.78, 5) is 24.5. The maximum absolute atomic E-state index is 12.2. The number of methoxy groups -OCH3 is 2. The zero-order valence-electron chi connectivity index (χ0n) is 17.1. The van der Waals surface area contributed by atoms with Gasteiger partial charge in [-0.25, -0.2) is 9.59 Å². The fourth-order valence-electron chi connectivity index (χ4n) is 6.35. The largest absolute Gasteiger partial charge is 0.465 e. The molecule has 1 aromatic carbocycles. The van der Waals surface area contributed by atoms with E-state index >= 15 is 0 Å². The molecule has 4 fully saturated rings. The first kappa shape index (κ1) is 19.7. The summed E-state index contributed by atoms with van der Waals surface area (Å²) in [6, 6.07) is 10.2. The third-order valence-electron chi connectivity index (χ3n) is 7.06. The van der Waals surface area contributed by atoms with Crippen LogP contribution in [0.25, 0.3) is 5.57 Å². The van der Waals surface area contributed by atoms with Gasteiger partial charge in [-0.15, -0.1) is 0 Å². The molecule has 0 aliphatic heterocycles. The second-order valence-electron chi connectivity index (χ2n) is 8.94. The van der Waals surface area contributed by atoms with E-state index in [0.717, 1.165) is 48.2 Å². The van der Waals surface area contributed by atoms with Crippen LogP contribution in [0, 0.1) is 23.2 Å². The Balaban J connectivity index is 1.85. The number of nitrogens with two attached hydrogens (primary N) is 1. The van der Waals surface area contributed by atoms with Crippen LogP contribution in [-0.4, -0.2) is 26.2 Å². The summed E-state index contributed by atoms with van der Waals surface area (Å²) in [6.07, 6.45) is 9.30. The minimum atomic E-state index is -0.775. The van der Waals surface area contributed by atoms with Gasteiger partial charge in [0.05, 0.1) is 19.9 Å². The van der Waals surface area contributed by atoms with E-state index in [4.69, 9.17) is 15.2 Å². The van der Waals surface area contributed by atoms with Crippen molar-refractivity contribution < 1.29 is 19.1 Å². The summed E-state index contributed by atoms with van der Waals surface area (Å²) < 4.78 is 9.57. The molecule has 0 atom stereocenters. The maximum atomic E-state index is 12.2. The maximum Gasteiger partial charge on any atom is 0.347 e. The number of hydrogen-bond donors (Lipinski definition) is 1. The minimum absolute atomic E-state index is 0.0536. The summed E-state index contributed by atoms with van der Waals surface area (Å²) in [5, 5.41) is 0. The van der Waals surface area contributed by atoms with Gasteiger partial charge in [0.15, 0.2) is 5.57 Å². The van der Waals surface area contributed by atoms with E-state index in [-0.39, 0.29) is 16.7 Å². The van der Waals surface area contributed by atoms with Crippen molar-refractivity contribution in [2.45, 2.75) is 38.5 Å². The Labute approximate surface area is 171 Å². The van der Waals surface area contributed by atoms with Crippen LogP contribution in [0.2, 0.25) is 0 Å². The number of allylic oxidation sites excluding steroid dienone is 2. The Hall–Kier alpha value is -2.56. The second-order valence-corrected chi connectivity index (χ2v) is 8.94. The molecule has 154 valence electrons. The second kappa shape index (κ2) is 7.69. The molecule has 4 saturated carbocycles. The average molecular weight is 395 g/mol. The molecule has 4 bridgehead atoms. The first-order chi connectivity index (χ1) is 14.0. The molecule has 2 N–H and O–H groups in total. The average Bonchev–Trinajstić information content (AvgIpc) is 2.71. The number of ether oxygens (including phenoxy) is 2. The first-order valence-corrected chi connectivity index (χ1v) is 10.4. The van der Waals surface area contributed by atoms with Gasteiger partial charge in [0.1, 0.15) is 0 Å². The number of carbonyl (C=O) groups is 2. The van der Waals surface area contributed by atoms with Crippen molar-refractivity contribution in [2.75, 3.05) is 14.2 Å². The summed E-state index contributed by atoms with van der Waals surface area (Å²) in [5.41, 5.74) is 8.49. The Morgan fingerprint density at radius 3 is 1.86 bits per heavy atom. The normalized spacial score (nSPS) is 30.0. The van der Waals surface area contributed by atoms with Gasteiger partial charge in [-0.05, 0) is 78.9 Å². The topological polar surface area (TPSA) is 78.6 Å². The highest BCUT2D eigenvalue weighted by molar-refractivity contribution is 6.15. The zero-order chi connectivity index (χ0) is 20.6. The van der Waals surface area contributed by atoms with Gasteiger partial charge in [0, 0.05) is 0 Å². The van der Waals surface area contributed by atoms with Gasteiger partial charge >= 0.3 is 11.9 Å². The Morgan fingerprint density at radius 2 is 1.41 bits per heavy atom. The van der Waals surface area contributed by atoms with E-state index in [2.05, 4.69) is 12.1 Å². The van der Waals surface area contributed by atoms with E-state index in [0.29, 0.717) is 0 Å². The van der Waals surface area contributed by atoms with Crippen molar-refractivity contribution >= 4 is 17.5 Å². The molecule has 5 heteroatoms. The highest BCUT2D eigenvalue weighted by Gasteiger charge is 2.52. The molecule has 0 amide bonds. The van der Waals surface area contributed by atoms with Crippen LogP contribution in [0.3, 0.4) is 0 Å². The van der Waals surface area contributed by atoms with Crippen molar-refractivity contribution in [2.24, 2.45) is 28.9 Å². The summed E-state index contributed by atoms with van der Waals surface area (Å²) >= 11 is 0. The minimum Gasteiger partial charge on any atom is -0.465 e. The summed E-state index contributed by atoms with van der Waals surface area (Å²) in [5.74, 6) is 0.741. The van der Waals surface area contributed by atoms with E-state index in [1.54, 1.807) is 0 Å². The number of esters is 2. The molecule has 29 heavy (non-hydrogen) atoms. The number of rotatable bonds is 5. The summed E-state index contributed by atoms with van der Waals surface area (Å²) in [7, 11) is 2.47. The highest BCUT2D eigenvalue weighted by Crippen LogP contribution is 2.64. The molecule has 0 unspecified atom stereocenters. The van der Waals surface area contributed by atoms with E-state index in [9.17, 15) is 9.59 Å². The zero-order valence-corrected chi connectivity index (χ0v) is 17.1. The van der Waals surface area contributed by atoms with Crippen LogP contribution in [0.15, 0.2) is 47.7 Å². The highest BCUT2D eigenvalue weighted by atomic mass is 16.5. The number of carbonyl (C=O) groups excluding carboxylic acids is 2. The lowest BCUT2D eigenvalue weighted by Gasteiger charge is -2.58. The van der Waals surface area contributed by atoms with Crippen molar-refractivity contribution in [3.63, 3.8) is 0 Å². The van der Waals surface area contributed by atoms with Gasteiger partial charge in [-0.1, -0.05) is 30.3 Å². The molecule has 4 aliphatic carbocycles. The van der Waals surface area contributed by atoms with Crippen LogP contribution < -0.4 is 5.73 Å². The predicted octanol–water partition coefficient (Wildman–Crippen LogP) is 3.85. The van der Waals surface area contributed by atoms with E-state index in [1.165, 1.54) is 33.5 Å². The van der Waals surface area contributed by atoms with Crippen LogP contribution in [0.1, 0.15) is 44.1 Å². The Kier molecular flexibility index (Phi) is 5.24. The van der Waals surface area contributed by atoms with Gasteiger partial charge < -0.3 is 15.2 Å². The van der Waals surface area contributed by atoms with Crippen LogP contribution >= 0.6 is 0 Å². The van der Waals surface area contributed by atoms with Gasteiger partial charge in [-0.2, -0.15) is 0 Å². The van der Waals surface area contributed by atoms with Crippen LogP contribution in [-0.2, 0) is 19.1 Å². The molecule has 1 aromatic rings. The van der Waals surface area contributed by atoms with Crippen molar-refractivity contribution in [1.29, 1.82) is 0 Å². The quantitative estimate of drug-likeness (QED) is 0.269. The SMILES string of the molecule is COC(=O)C(C(=O)OC)=C(N)/C=C(\c1ccccc1)C12CC3CC(CC(C3)C1)C2. The lowest BCUT2D eigenvalue weighted by atomic mass is 9.47. The van der Waals surface area contributed by atoms with Crippen molar-refractivity contribution in [1.82, 2.24) is 0 Å². The molecule has 5 rings (SSSR count).